The summed E-state index contributed by atoms with van der Waals surface area (Å²) in [7, 11) is 0. The van der Waals surface area contributed by atoms with Crippen LogP contribution in [0.5, 0.6) is 5.75 Å². The van der Waals surface area contributed by atoms with Gasteiger partial charge in [0.1, 0.15) is 11.9 Å². The van der Waals surface area contributed by atoms with Crippen LogP contribution in [0.15, 0.2) is 60.8 Å². The highest BCUT2D eigenvalue weighted by molar-refractivity contribution is 5.86. The van der Waals surface area contributed by atoms with E-state index < -0.39 is 0 Å². The first-order valence-corrected chi connectivity index (χ1v) is 11.2. The fraction of sp³-hybridized carbons (Fsp3) is 0.385. The summed E-state index contributed by atoms with van der Waals surface area (Å²) in [5.74, 6) is 1.55. The van der Waals surface area contributed by atoms with E-state index in [1.165, 1.54) is 12.8 Å². The summed E-state index contributed by atoms with van der Waals surface area (Å²) in [5, 5.41) is 1.15. The Balaban J connectivity index is 0.00000144. The number of piperidine rings is 1. The van der Waals surface area contributed by atoms with Gasteiger partial charge in [-0.25, -0.2) is 0 Å². The average molecular weight is 473 g/mol. The van der Waals surface area contributed by atoms with Gasteiger partial charge in [0.15, 0.2) is 0 Å². The highest BCUT2D eigenvalue weighted by Crippen LogP contribution is 2.29. The number of likely N-dealkylation sites (tertiary alicyclic amines) is 1. The van der Waals surface area contributed by atoms with Gasteiger partial charge < -0.3 is 9.64 Å². The number of halogens is 2. The van der Waals surface area contributed by atoms with E-state index in [4.69, 9.17) is 4.74 Å². The molecule has 6 heteroatoms. The number of amides is 1. The molecule has 3 aromatic rings. The molecule has 4 nitrogen and oxygen atoms in total. The normalized spacial score (nSPS) is 16.9. The number of para-hydroxylation sites is 1. The molecule has 170 valence electrons. The van der Waals surface area contributed by atoms with Crippen LogP contribution < -0.4 is 4.74 Å². The van der Waals surface area contributed by atoms with Gasteiger partial charge in [-0.1, -0.05) is 43.2 Å². The van der Waals surface area contributed by atoms with Crippen LogP contribution in [0.3, 0.4) is 0 Å². The van der Waals surface area contributed by atoms with Crippen LogP contribution in [0.4, 0.5) is 0 Å². The van der Waals surface area contributed by atoms with Crippen molar-refractivity contribution in [2.45, 2.75) is 44.6 Å². The van der Waals surface area contributed by atoms with Crippen LogP contribution in [0, 0.1) is 5.92 Å². The first-order valence-electron chi connectivity index (χ1n) is 11.2. The molecule has 32 heavy (non-hydrogen) atoms. The number of benzene rings is 2. The zero-order valence-electron chi connectivity index (χ0n) is 18.1. The van der Waals surface area contributed by atoms with Crippen molar-refractivity contribution in [1.29, 1.82) is 0 Å². The molecular weight excluding hydrogens is 443 g/mol. The molecule has 0 bridgehead atoms. The maximum absolute atomic E-state index is 12.6. The molecule has 1 aliphatic carbocycles. The Bertz CT molecular complexity index is 1030. The molecule has 0 N–H and O–H groups in total. The van der Waals surface area contributed by atoms with E-state index in [1.54, 1.807) is 0 Å². The molecule has 1 saturated heterocycles. The zero-order valence-corrected chi connectivity index (χ0v) is 19.7. The number of rotatable bonds is 4. The number of fused-ring (bicyclic) bond motifs is 1. The number of carbonyl (C=O) groups excluding carboxylic acids is 1. The van der Waals surface area contributed by atoms with Crippen molar-refractivity contribution in [3.63, 3.8) is 0 Å². The molecule has 2 fully saturated rings. The number of carbonyl (C=O) groups is 1. The van der Waals surface area contributed by atoms with E-state index in [1.807, 2.05) is 36.5 Å². The fourth-order valence-electron chi connectivity index (χ4n) is 4.77. The van der Waals surface area contributed by atoms with E-state index in [0.29, 0.717) is 5.91 Å². The summed E-state index contributed by atoms with van der Waals surface area (Å²) in [4.78, 5) is 19.2. The van der Waals surface area contributed by atoms with Gasteiger partial charge in [-0.2, -0.15) is 0 Å². The largest absolute Gasteiger partial charge is 0.490 e. The van der Waals surface area contributed by atoms with E-state index >= 15 is 0 Å². The summed E-state index contributed by atoms with van der Waals surface area (Å²) < 4.78 is 6.22. The molecule has 2 aliphatic rings. The zero-order chi connectivity index (χ0) is 20.3. The third-order valence-electron chi connectivity index (χ3n) is 6.54. The maximum Gasteiger partial charge on any atom is 0.225 e. The molecule has 0 atom stereocenters. The first-order chi connectivity index (χ1) is 14.8. The van der Waals surface area contributed by atoms with E-state index in [9.17, 15) is 4.79 Å². The standard InChI is InChI=1S/C26H28N2O2.2ClH/c29-26(20-5-1-2-6-20)28-15-13-24(14-16-28)30-23-11-9-19(10-12-23)22-17-21-7-3-4-8-25(21)27-18-22;;/h3-4,7-12,17-18,20,24H,1-2,5-6,13-16H2;2*1H. The molecule has 2 aromatic carbocycles. The lowest BCUT2D eigenvalue weighted by molar-refractivity contribution is -0.137. The Morgan fingerprint density at radius 3 is 2.28 bits per heavy atom. The van der Waals surface area contributed by atoms with Gasteiger partial charge in [-0.05, 0) is 42.7 Å². The van der Waals surface area contributed by atoms with Crippen molar-refractivity contribution in [3.05, 3.63) is 60.8 Å². The Morgan fingerprint density at radius 1 is 0.875 bits per heavy atom. The smallest absolute Gasteiger partial charge is 0.225 e. The summed E-state index contributed by atoms with van der Waals surface area (Å²) >= 11 is 0. The van der Waals surface area contributed by atoms with Crippen molar-refractivity contribution in [2.24, 2.45) is 5.92 Å². The molecule has 5 rings (SSSR count). The predicted molar refractivity (Wildman–Crippen MR) is 134 cm³/mol. The third kappa shape index (κ3) is 5.36. The van der Waals surface area contributed by atoms with Crippen LogP contribution in [-0.2, 0) is 4.79 Å². The predicted octanol–water partition coefficient (Wildman–Crippen LogP) is 6.31. The summed E-state index contributed by atoms with van der Waals surface area (Å²) in [6.45, 7) is 1.64. The minimum Gasteiger partial charge on any atom is -0.490 e. The van der Waals surface area contributed by atoms with Crippen molar-refractivity contribution < 1.29 is 9.53 Å². The number of hydrogen-bond acceptors (Lipinski definition) is 3. The number of pyridine rings is 1. The SMILES string of the molecule is Cl.Cl.O=C(C1CCCC1)N1CCC(Oc2ccc(-c3cnc4ccccc4c3)cc2)CC1. The van der Waals surface area contributed by atoms with Gasteiger partial charge in [0.2, 0.25) is 5.91 Å². The molecule has 1 aliphatic heterocycles. The lowest BCUT2D eigenvalue weighted by Gasteiger charge is -2.33. The lowest BCUT2D eigenvalue weighted by atomic mass is 10.0. The maximum atomic E-state index is 12.6. The Labute approximate surface area is 202 Å². The first kappa shape index (κ1) is 24.3. The average Bonchev–Trinajstić information content (AvgIpc) is 3.34. The van der Waals surface area contributed by atoms with Crippen LogP contribution in [0.2, 0.25) is 0 Å². The Kier molecular flexibility index (Phi) is 8.38. The summed E-state index contributed by atoms with van der Waals surface area (Å²) in [6.07, 6.45) is 8.51. The van der Waals surface area contributed by atoms with Gasteiger partial charge in [0, 0.05) is 49.0 Å². The van der Waals surface area contributed by atoms with Crippen LogP contribution >= 0.6 is 24.8 Å². The second kappa shape index (κ2) is 11.0. The van der Waals surface area contributed by atoms with Crippen molar-refractivity contribution in [3.8, 4) is 16.9 Å². The fourth-order valence-corrected chi connectivity index (χ4v) is 4.77. The number of nitrogens with zero attached hydrogens (tertiary/aromatic N) is 2. The Morgan fingerprint density at radius 2 is 1.56 bits per heavy atom. The second-order valence-corrected chi connectivity index (χ2v) is 8.56. The van der Waals surface area contributed by atoms with E-state index in [2.05, 4.69) is 34.1 Å². The molecule has 1 amide bonds. The molecule has 0 radical (unpaired) electrons. The van der Waals surface area contributed by atoms with Gasteiger partial charge >= 0.3 is 0 Å². The molecule has 0 unspecified atom stereocenters. The van der Waals surface area contributed by atoms with E-state index in [0.717, 1.165) is 66.6 Å². The summed E-state index contributed by atoms with van der Waals surface area (Å²) in [5.41, 5.74) is 3.26. The summed E-state index contributed by atoms with van der Waals surface area (Å²) in [6, 6.07) is 18.6. The van der Waals surface area contributed by atoms with E-state index in [-0.39, 0.29) is 36.8 Å². The molecular formula is C26H30Cl2N2O2. The van der Waals surface area contributed by atoms with Crippen molar-refractivity contribution in [2.75, 3.05) is 13.1 Å². The van der Waals surface area contributed by atoms with Gasteiger partial charge in [0.05, 0.1) is 5.52 Å². The minimum atomic E-state index is 0. The van der Waals surface area contributed by atoms with Crippen LogP contribution in [-0.4, -0.2) is 35.0 Å². The number of ether oxygens (including phenoxy) is 1. The monoisotopic (exact) mass is 472 g/mol. The number of hydrogen-bond donors (Lipinski definition) is 0. The highest BCUT2D eigenvalue weighted by Gasteiger charge is 2.30. The van der Waals surface area contributed by atoms with Crippen molar-refractivity contribution >= 4 is 41.6 Å². The molecule has 0 spiro atoms. The third-order valence-corrected chi connectivity index (χ3v) is 6.54. The highest BCUT2D eigenvalue weighted by atomic mass is 35.5. The van der Waals surface area contributed by atoms with Gasteiger partial charge in [0.25, 0.3) is 0 Å². The Hall–Kier alpha value is -2.30. The minimum absolute atomic E-state index is 0. The van der Waals surface area contributed by atoms with Crippen molar-refractivity contribution in [1.82, 2.24) is 9.88 Å². The van der Waals surface area contributed by atoms with Gasteiger partial charge in [-0.3, -0.25) is 9.78 Å². The lowest BCUT2D eigenvalue weighted by Crippen LogP contribution is -2.43. The topological polar surface area (TPSA) is 42.4 Å². The van der Waals surface area contributed by atoms with Crippen LogP contribution in [0.25, 0.3) is 22.0 Å². The number of aromatic nitrogens is 1. The molecule has 1 aromatic heterocycles. The molecule has 1 saturated carbocycles. The second-order valence-electron chi connectivity index (χ2n) is 8.56. The quantitative estimate of drug-likeness (QED) is 0.446. The van der Waals surface area contributed by atoms with Crippen LogP contribution in [0.1, 0.15) is 38.5 Å². The molecule has 2 heterocycles. The van der Waals surface area contributed by atoms with Gasteiger partial charge in [-0.15, -0.1) is 24.8 Å².